The van der Waals surface area contributed by atoms with Crippen molar-refractivity contribution in [3.63, 3.8) is 0 Å². The lowest BCUT2D eigenvalue weighted by Gasteiger charge is -2.35. The molecular weight excluding hydrogens is 1260 g/mol. The number of hydrogen-bond acceptors (Lipinski definition) is 22. The number of rotatable bonds is 35. The minimum atomic E-state index is -1.83. The van der Waals surface area contributed by atoms with Crippen molar-refractivity contribution in [2.24, 2.45) is 0 Å². The van der Waals surface area contributed by atoms with Gasteiger partial charge in [0.15, 0.2) is 0 Å². The molecule has 2 saturated heterocycles. The molecule has 37 nitrogen and oxygen atoms in total. The van der Waals surface area contributed by atoms with Crippen molar-refractivity contribution in [3.8, 4) is 0 Å². The molecule has 2 aromatic rings. The second-order valence-electron chi connectivity index (χ2n) is 23.0. The standard InChI is InChI=1S/C58H88N14O23/c1-59-54(89)40(6-11-47(75)76)63-55(90)41(28-37-29-60-39-5-3-2-4-38(37)39)64-56(91)42(62-46(74)10-8-44(58(94)95)72-26-22-69(35-52(85)86)18-14-66(32-49(79)80)15-19-70(23-27-72)36-53(87)88)30-61-45(73)9-7-43(57(92)93)71-24-20-67(33-50(81)82)16-12-65(31-48(77)78)13-17-68(21-25-71)34-51(83)84/h2-5,29,40-44,60H,6-28,30-36H2,1H3,(H,59,89)(H,61,73)(H,62,74)(H,63,90)(H,64,91)(H,75,76)(H,77,78)(H,79,80)(H,81,82)(H,83,84)(H,85,86)(H,87,88)(H,92,93)(H,94,95)/t40-,41+,42?,43?,44?/m1/s1. The maximum atomic E-state index is 14.8. The molecule has 95 heavy (non-hydrogen) atoms. The van der Waals surface area contributed by atoms with Crippen LogP contribution in [-0.2, 0) is 73.5 Å². The van der Waals surface area contributed by atoms with Crippen molar-refractivity contribution in [1.29, 1.82) is 0 Å². The van der Waals surface area contributed by atoms with Crippen LogP contribution in [-0.4, -0.2) is 361 Å². The van der Waals surface area contributed by atoms with Gasteiger partial charge < -0.3 is 77.5 Å². The van der Waals surface area contributed by atoms with Crippen molar-refractivity contribution in [3.05, 3.63) is 36.0 Å². The molecular formula is C58H88N14O23. The Kier molecular flexibility index (Phi) is 33.3. The van der Waals surface area contributed by atoms with Gasteiger partial charge in [0.25, 0.3) is 0 Å². The second-order valence-corrected chi connectivity index (χ2v) is 23.0. The minimum absolute atomic E-state index is 0.0118. The van der Waals surface area contributed by atoms with E-state index in [9.17, 15) is 113 Å². The number of fused-ring (bicyclic) bond motifs is 1. The van der Waals surface area contributed by atoms with Gasteiger partial charge in [0, 0.05) is 161 Å². The van der Waals surface area contributed by atoms with E-state index in [0.717, 1.165) is 0 Å². The highest BCUT2D eigenvalue weighted by molar-refractivity contribution is 5.96. The maximum Gasteiger partial charge on any atom is 0.320 e. The van der Waals surface area contributed by atoms with Gasteiger partial charge in [0.1, 0.15) is 30.2 Å². The van der Waals surface area contributed by atoms with Crippen molar-refractivity contribution in [2.75, 3.05) is 158 Å². The topological polar surface area (TPSA) is 523 Å². The third kappa shape index (κ3) is 29.5. The predicted molar refractivity (Wildman–Crippen MR) is 331 cm³/mol. The Morgan fingerprint density at radius 3 is 1.14 bits per heavy atom. The predicted octanol–water partition coefficient (Wildman–Crippen LogP) is -5.69. The number of H-pyrrole nitrogens is 1. The summed E-state index contributed by atoms with van der Waals surface area (Å²) < 4.78 is 0. The van der Waals surface area contributed by atoms with Gasteiger partial charge >= 0.3 is 53.7 Å². The fourth-order valence-corrected chi connectivity index (χ4v) is 11.1. The Balaban J connectivity index is 1.69. The third-order valence-corrected chi connectivity index (χ3v) is 16.1. The first-order valence-corrected chi connectivity index (χ1v) is 30.7. The van der Waals surface area contributed by atoms with E-state index in [1.807, 2.05) is 0 Å². The molecule has 0 spiro atoms. The number of likely N-dealkylation sites (N-methyl/N-ethyl adjacent to an activating group) is 1. The number of amides is 5. The van der Waals surface area contributed by atoms with Crippen molar-refractivity contribution in [1.82, 2.24) is 70.8 Å². The summed E-state index contributed by atoms with van der Waals surface area (Å²) in [7, 11) is 1.25. The lowest BCUT2D eigenvalue weighted by atomic mass is 10.0. The molecule has 0 bridgehead atoms. The molecule has 0 radical (unpaired) electrons. The second kappa shape index (κ2) is 40.3. The molecule has 1 aromatic heterocycles. The van der Waals surface area contributed by atoms with Crippen LogP contribution in [0.15, 0.2) is 30.5 Å². The molecule has 0 saturated carbocycles. The number of aromatic nitrogens is 1. The molecule has 2 fully saturated rings. The molecule has 528 valence electrons. The van der Waals surface area contributed by atoms with Crippen LogP contribution in [0.4, 0.5) is 0 Å². The summed E-state index contributed by atoms with van der Waals surface area (Å²) in [6.07, 6.45) is -1.86. The minimum Gasteiger partial charge on any atom is -0.481 e. The van der Waals surface area contributed by atoms with Gasteiger partial charge in [-0.1, -0.05) is 18.2 Å². The first-order chi connectivity index (χ1) is 45.0. The van der Waals surface area contributed by atoms with Crippen LogP contribution in [0.3, 0.4) is 0 Å². The smallest absolute Gasteiger partial charge is 0.320 e. The van der Waals surface area contributed by atoms with Crippen molar-refractivity contribution >= 4 is 94.2 Å². The average Bonchev–Trinajstić information content (AvgIpc) is 1.74. The normalized spacial score (nSPS) is 17.9. The third-order valence-electron chi connectivity index (χ3n) is 16.1. The first kappa shape index (κ1) is 78.5. The summed E-state index contributed by atoms with van der Waals surface area (Å²) in [5.41, 5.74) is 1.09. The molecule has 3 heterocycles. The number of benzene rings is 1. The number of nitrogens with one attached hydrogen (secondary N) is 6. The number of hydrogen-bond donors (Lipinski definition) is 15. The highest BCUT2D eigenvalue weighted by Crippen LogP contribution is 2.20. The molecule has 15 N–H and O–H groups in total. The lowest BCUT2D eigenvalue weighted by Crippen LogP contribution is -2.59. The molecule has 3 unspecified atom stereocenters. The van der Waals surface area contributed by atoms with Gasteiger partial charge in [0.2, 0.25) is 29.5 Å². The van der Waals surface area contributed by atoms with E-state index in [4.69, 9.17) is 0 Å². The number of carbonyl (C=O) groups is 14. The van der Waals surface area contributed by atoms with Gasteiger partial charge in [0.05, 0.1) is 39.3 Å². The van der Waals surface area contributed by atoms with E-state index >= 15 is 0 Å². The Hall–Kier alpha value is -8.98. The SMILES string of the molecule is CNC(=O)[C@@H](CCC(=O)O)NC(=O)[C@H](Cc1c[nH]c2ccccc12)NC(=O)C(CNC(=O)CCC(C(=O)O)N1CCN(CC(=O)O)CCN(CC(=O)O)CCN(CC(=O)O)CC1)NC(=O)CCC(C(=O)O)N1CCN(CC(=O)O)CCN(CC(=O)O)CCN(CC(=O)O)CC1. The van der Waals surface area contributed by atoms with Gasteiger partial charge in [-0.25, -0.2) is 0 Å². The van der Waals surface area contributed by atoms with Crippen LogP contribution in [0.1, 0.15) is 44.1 Å². The molecule has 4 rings (SSSR count). The Labute approximate surface area is 545 Å². The monoisotopic (exact) mass is 1350 g/mol. The highest BCUT2D eigenvalue weighted by Gasteiger charge is 2.35. The van der Waals surface area contributed by atoms with Crippen molar-refractivity contribution in [2.45, 2.75) is 75.2 Å². The Morgan fingerprint density at radius 2 is 0.768 bits per heavy atom. The quantitative estimate of drug-likeness (QED) is 0.0306. The van der Waals surface area contributed by atoms with E-state index in [1.54, 1.807) is 30.5 Å². The number of aromatic amines is 1. The molecule has 2 aliphatic heterocycles. The zero-order chi connectivity index (χ0) is 70.3. The van der Waals surface area contributed by atoms with Gasteiger partial charge in [-0.3, -0.25) is 106 Å². The molecule has 1 aromatic carbocycles. The Bertz CT molecular complexity index is 2930. The van der Waals surface area contributed by atoms with Crippen LogP contribution in [0.25, 0.3) is 10.9 Å². The van der Waals surface area contributed by atoms with Crippen LogP contribution >= 0.6 is 0 Å². The van der Waals surface area contributed by atoms with Crippen LogP contribution < -0.4 is 26.6 Å². The van der Waals surface area contributed by atoms with Crippen LogP contribution in [0, 0.1) is 0 Å². The molecule has 2 aliphatic rings. The van der Waals surface area contributed by atoms with Crippen LogP contribution in [0.2, 0.25) is 0 Å². The zero-order valence-electron chi connectivity index (χ0n) is 52.8. The van der Waals surface area contributed by atoms with Gasteiger partial charge in [-0.15, -0.1) is 0 Å². The number of aliphatic carboxylic acids is 9. The van der Waals surface area contributed by atoms with Gasteiger partial charge in [-0.05, 0) is 30.9 Å². The summed E-state index contributed by atoms with van der Waals surface area (Å²) in [4.78, 5) is 194. The van der Waals surface area contributed by atoms with Crippen molar-refractivity contribution < 1.29 is 113 Å². The average molecular weight is 1350 g/mol. The molecule has 37 heteroatoms. The number of carbonyl (C=O) groups excluding carboxylic acids is 5. The zero-order valence-corrected chi connectivity index (χ0v) is 52.8. The van der Waals surface area contributed by atoms with E-state index in [0.29, 0.717) is 16.5 Å². The number of nitrogens with zero attached hydrogens (tertiary/aromatic N) is 8. The molecule has 5 atom stereocenters. The van der Waals surface area contributed by atoms with E-state index in [-0.39, 0.29) is 118 Å². The highest BCUT2D eigenvalue weighted by atomic mass is 16.4. The van der Waals surface area contributed by atoms with E-state index in [1.165, 1.54) is 46.2 Å². The molecule has 0 aliphatic carbocycles. The Morgan fingerprint density at radius 1 is 0.411 bits per heavy atom. The summed E-state index contributed by atoms with van der Waals surface area (Å²) in [5.74, 6) is -16.3. The summed E-state index contributed by atoms with van der Waals surface area (Å²) in [6.45, 7) is -4.27. The van der Waals surface area contributed by atoms with E-state index in [2.05, 4.69) is 31.6 Å². The number of carboxylic acid groups (broad SMARTS) is 9. The molecule has 5 amide bonds. The van der Waals surface area contributed by atoms with E-state index < -0.39 is 191 Å². The number of carboxylic acids is 9. The fraction of sp³-hybridized carbons (Fsp3) is 0.621. The van der Waals surface area contributed by atoms with Crippen LogP contribution in [0.5, 0.6) is 0 Å². The lowest BCUT2D eigenvalue weighted by molar-refractivity contribution is -0.145. The fourth-order valence-electron chi connectivity index (χ4n) is 11.1. The summed E-state index contributed by atoms with van der Waals surface area (Å²) in [5, 5.41) is 102. The van der Waals surface area contributed by atoms with Gasteiger partial charge in [-0.2, -0.15) is 0 Å². The number of para-hydroxylation sites is 1. The first-order valence-electron chi connectivity index (χ1n) is 30.7. The summed E-state index contributed by atoms with van der Waals surface area (Å²) in [6, 6.07) is -1.00. The summed E-state index contributed by atoms with van der Waals surface area (Å²) >= 11 is 0. The maximum absolute atomic E-state index is 14.8. The largest absolute Gasteiger partial charge is 0.481 e.